The van der Waals surface area contributed by atoms with E-state index in [-0.39, 0.29) is 38.6 Å². The van der Waals surface area contributed by atoms with Gasteiger partial charge >= 0.3 is 0 Å². The van der Waals surface area contributed by atoms with Crippen LogP contribution in [-0.2, 0) is 30.5 Å². The first-order chi connectivity index (χ1) is 15.2. The molecular weight excluding hydrogens is 421 g/mol. The second-order valence-corrected chi connectivity index (χ2v) is 7.03. The zero-order valence-corrected chi connectivity index (χ0v) is 17.8. The molecule has 0 saturated carbocycles. The molecule has 11 heteroatoms. The summed E-state index contributed by atoms with van der Waals surface area (Å²) < 4.78 is 13.0. The molecular formula is C21H28FN5O5. The number of hydrogen-bond donors (Lipinski definition) is 5. The molecule has 0 bridgehead atoms. The number of hydrogen-bond acceptors (Lipinski definition) is 6. The van der Waals surface area contributed by atoms with Gasteiger partial charge in [-0.05, 0) is 30.5 Å². The molecule has 10 nitrogen and oxygen atoms in total. The van der Waals surface area contributed by atoms with Gasteiger partial charge in [0.15, 0.2) is 5.78 Å². The third-order valence-electron chi connectivity index (χ3n) is 4.51. The number of nitrogens with two attached hydrogens (primary N) is 1. The molecule has 1 aromatic rings. The Bertz CT molecular complexity index is 843. The Hall–Kier alpha value is -3.63. The summed E-state index contributed by atoms with van der Waals surface area (Å²) in [6.07, 6.45) is 0.263. The fourth-order valence-electron chi connectivity index (χ4n) is 2.67. The van der Waals surface area contributed by atoms with Crippen molar-refractivity contribution in [2.45, 2.75) is 57.7 Å². The first-order valence-corrected chi connectivity index (χ1v) is 10.1. The lowest BCUT2D eigenvalue weighted by Gasteiger charge is -2.23. The first-order valence-electron chi connectivity index (χ1n) is 10.1. The largest absolute Gasteiger partial charge is 0.370 e. The summed E-state index contributed by atoms with van der Waals surface area (Å²) >= 11 is 0. The maximum Gasteiger partial charge on any atom is 0.243 e. The van der Waals surface area contributed by atoms with Crippen LogP contribution >= 0.6 is 0 Å². The molecule has 0 heterocycles. The topological polar surface area (TPSA) is 171 Å². The number of carbonyl (C=O) groups excluding carboxylic acids is 5. The third-order valence-corrected chi connectivity index (χ3v) is 4.51. The molecule has 0 aliphatic heterocycles. The second-order valence-electron chi connectivity index (χ2n) is 7.03. The molecule has 1 aromatic carbocycles. The summed E-state index contributed by atoms with van der Waals surface area (Å²) in [5.41, 5.74) is 5.74. The smallest absolute Gasteiger partial charge is 0.243 e. The van der Waals surface area contributed by atoms with Gasteiger partial charge in [0.05, 0.1) is 6.21 Å². The van der Waals surface area contributed by atoms with Gasteiger partial charge in [0.1, 0.15) is 17.9 Å². The van der Waals surface area contributed by atoms with Gasteiger partial charge in [0.25, 0.3) is 0 Å². The predicted octanol–water partition coefficient (Wildman–Crippen LogP) is 0.0859. The Morgan fingerprint density at radius 1 is 1.00 bits per heavy atom. The molecule has 4 amide bonds. The molecule has 0 radical (unpaired) electrons. The van der Waals surface area contributed by atoms with Gasteiger partial charge in [-0.2, -0.15) is 0 Å². The van der Waals surface area contributed by atoms with Crippen LogP contribution in [0.4, 0.5) is 4.39 Å². The van der Waals surface area contributed by atoms with Crippen LogP contribution in [0.2, 0.25) is 0 Å². The van der Waals surface area contributed by atoms with Gasteiger partial charge in [0, 0.05) is 25.8 Å². The molecule has 0 aromatic heterocycles. The predicted molar refractivity (Wildman–Crippen MR) is 114 cm³/mol. The van der Waals surface area contributed by atoms with Crippen molar-refractivity contribution in [2.24, 2.45) is 5.73 Å². The molecule has 32 heavy (non-hydrogen) atoms. The standard InChI is InChI=1S/C21H28FN5O5/c1-2-19(30)26-17(9-10-18(24)29)21(32)27-16(8-7-15(28)11-23)20(31)25-12-13-3-5-14(22)6-4-13/h3-6,11,16-17,23H,2,7-10,12H2,1H3,(H2,24,29)(H,25,31)(H,26,30)(H,27,32)/t16-,17-/m0/s1. The van der Waals surface area contributed by atoms with Crippen molar-refractivity contribution in [2.75, 3.05) is 0 Å². The number of rotatable bonds is 14. The Morgan fingerprint density at radius 3 is 2.16 bits per heavy atom. The molecule has 0 aliphatic carbocycles. The van der Waals surface area contributed by atoms with Crippen molar-refractivity contribution < 1.29 is 28.4 Å². The number of ketones is 1. The van der Waals surface area contributed by atoms with Crippen molar-refractivity contribution in [3.8, 4) is 0 Å². The van der Waals surface area contributed by atoms with E-state index in [1.54, 1.807) is 6.92 Å². The minimum Gasteiger partial charge on any atom is -0.370 e. The van der Waals surface area contributed by atoms with Crippen LogP contribution in [0.1, 0.15) is 44.6 Å². The lowest BCUT2D eigenvalue weighted by Crippen LogP contribution is -2.53. The highest BCUT2D eigenvalue weighted by Gasteiger charge is 2.27. The number of amides is 4. The van der Waals surface area contributed by atoms with Crippen molar-refractivity contribution in [1.82, 2.24) is 16.0 Å². The van der Waals surface area contributed by atoms with Crippen LogP contribution in [-0.4, -0.2) is 47.7 Å². The van der Waals surface area contributed by atoms with Gasteiger partial charge in [-0.25, -0.2) is 4.39 Å². The minimum atomic E-state index is -1.14. The summed E-state index contributed by atoms with van der Waals surface area (Å²) in [7, 11) is 0. The van der Waals surface area contributed by atoms with Crippen molar-refractivity contribution in [1.29, 1.82) is 5.41 Å². The number of carbonyl (C=O) groups is 5. The lowest BCUT2D eigenvalue weighted by molar-refractivity contribution is -0.132. The average Bonchev–Trinajstić information content (AvgIpc) is 2.77. The fraction of sp³-hybridized carbons (Fsp3) is 0.429. The quantitative estimate of drug-likeness (QED) is 0.253. The number of Topliss-reactive ketones (excluding diaryl/α,β-unsaturated/α-hetero) is 1. The van der Waals surface area contributed by atoms with E-state index in [0.29, 0.717) is 11.8 Å². The van der Waals surface area contributed by atoms with Crippen LogP contribution in [0.5, 0.6) is 0 Å². The Balaban J connectivity index is 2.89. The van der Waals surface area contributed by atoms with Gasteiger partial charge in [-0.1, -0.05) is 19.1 Å². The minimum absolute atomic E-state index is 0.0572. The zero-order chi connectivity index (χ0) is 24.1. The maximum atomic E-state index is 13.0. The van der Waals surface area contributed by atoms with E-state index < -0.39 is 47.3 Å². The van der Waals surface area contributed by atoms with E-state index in [4.69, 9.17) is 11.1 Å². The lowest BCUT2D eigenvalue weighted by atomic mass is 10.1. The molecule has 174 valence electrons. The zero-order valence-electron chi connectivity index (χ0n) is 17.8. The van der Waals surface area contributed by atoms with Crippen LogP contribution in [0.25, 0.3) is 0 Å². The molecule has 0 aliphatic rings. The van der Waals surface area contributed by atoms with E-state index in [0.717, 1.165) is 0 Å². The Kier molecular flexibility index (Phi) is 11.2. The van der Waals surface area contributed by atoms with Crippen LogP contribution in [0.3, 0.4) is 0 Å². The molecule has 0 unspecified atom stereocenters. The van der Waals surface area contributed by atoms with Crippen LogP contribution in [0, 0.1) is 11.2 Å². The normalized spacial score (nSPS) is 12.2. The average molecular weight is 449 g/mol. The summed E-state index contributed by atoms with van der Waals surface area (Å²) in [6.45, 7) is 1.65. The third kappa shape index (κ3) is 9.92. The number of halogens is 1. The first kappa shape index (κ1) is 26.4. The van der Waals surface area contributed by atoms with Crippen LogP contribution in [0.15, 0.2) is 24.3 Å². The van der Waals surface area contributed by atoms with E-state index in [2.05, 4.69) is 16.0 Å². The summed E-state index contributed by atoms with van der Waals surface area (Å²) in [5, 5.41) is 14.6. The summed E-state index contributed by atoms with van der Waals surface area (Å²) in [6, 6.07) is 3.22. The van der Waals surface area contributed by atoms with Crippen molar-refractivity contribution >= 4 is 35.6 Å². The van der Waals surface area contributed by atoms with Crippen molar-refractivity contribution in [3.63, 3.8) is 0 Å². The number of nitrogens with one attached hydrogen (secondary N) is 4. The van der Waals surface area contributed by atoms with Gasteiger partial charge in [-0.3, -0.25) is 24.0 Å². The van der Waals surface area contributed by atoms with E-state index in [1.165, 1.54) is 24.3 Å². The van der Waals surface area contributed by atoms with E-state index >= 15 is 0 Å². The SMILES string of the molecule is CCC(=O)N[C@@H](CCC(N)=O)C(=O)N[C@@H](CCC(=O)C=N)C(=O)NCc1ccc(F)cc1. The van der Waals surface area contributed by atoms with Crippen molar-refractivity contribution in [3.05, 3.63) is 35.6 Å². The Labute approximate surface area is 185 Å². The summed E-state index contributed by atoms with van der Waals surface area (Å²) in [5.74, 6) is -3.34. The highest BCUT2D eigenvalue weighted by molar-refractivity contribution is 6.26. The highest BCUT2D eigenvalue weighted by atomic mass is 19.1. The molecule has 0 saturated heterocycles. The second kappa shape index (κ2) is 13.6. The molecule has 1 rings (SSSR count). The summed E-state index contributed by atoms with van der Waals surface area (Å²) in [4.78, 5) is 59.7. The van der Waals surface area contributed by atoms with Crippen LogP contribution < -0.4 is 21.7 Å². The van der Waals surface area contributed by atoms with E-state index in [9.17, 15) is 28.4 Å². The van der Waals surface area contributed by atoms with Gasteiger partial charge < -0.3 is 27.1 Å². The van der Waals surface area contributed by atoms with Gasteiger partial charge in [0.2, 0.25) is 23.6 Å². The fourth-order valence-corrected chi connectivity index (χ4v) is 2.67. The van der Waals surface area contributed by atoms with E-state index in [1.807, 2.05) is 0 Å². The Morgan fingerprint density at radius 2 is 1.59 bits per heavy atom. The maximum absolute atomic E-state index is 13.0. The highest BCUT2D eigenvalue weighted by Crippen LogP contribution is 2.06. The number of benzene rings is 1. The molecule has 2 atom stereocenters. The monoisotopic (exact) mass is 449 g/mol. The number of primary amides is 1. The van der Waals surface area contributed by atoms with Gasteiger partial charge in [-0.15, -0.1) is 0 Å². The molecule has 0 fully saturated rings. The molecule has 0 spiro atoms. The molecule has 6 N–H and O–H groups in total.